The first-order valence-corrected chi connectivity index (χ1v) is 12.7. The van der Waals surface area contributed by atoms with Gasteiger partial charge in [0.05, 0.1) is 19.5 Å². The highest BCUT2D eigenvalue weighted by Gasteiger charge is 2.21. The van der Waals surface area contributed by atoms with Gasteiger partial charge in [0.25, 0.3) is 5.91 Å². The topological polar surface area (TPSA) is 69.0 Å². The van der Waals surface area contributed by atoms with Crippen molar-refractivity contribution < 1.29 is 23.5 Å². The molecule has 1 heterocycles. The molecule has 36 heavy (non-hydrogen) atoms. The van der Waals surface area contributed by atoms with Crippen LogP contribution >= 0.6 is 0 Å². The first kappa shape index (κ1) is 27.1. The number of ether oxygens (including phenoxy) is 2. The minimum absolute atomic E-state index is 0.0125. The van der Waals surface area contributed by atoms with Crippen molar-refractivity contribution in [3.63, 3.8) is 0 Å². The molecule has 190 valence electrons. The van der Waals surface area contributed by atoms with Gasteiger partial charge in [0.1, 0.15) is 19.4 Å². The molecule has 0 saturated carbocycles. The van der Waals surface area contributed by atoms with E-state index in [1.165, 1.54) is 0 Å². The molecule has 0 aliphatic carbocycles. The molecule has 0 unspecified atom stereocenters. The predicted molar refractivity (Wildman–Crippen MR) is 144 cm³/mol. The van der Waals surface area contributed by atoms with E-state index >= 15 is 0 Å². The normalized spacial score (nSPS) is 10.9. The van der Waals surface area contributed by atoms with Crippen LogP contribution in [0.5, 0.6) is 5.75 Å². The molecule has 1 aromatic heterocycles. The largest absolute Gasteiger partial charge is 0.493 e. The van der Waals surface area contributed by atoms with Crippen molar-refractivity contribution in [1.29, 1.82) is 0 Å². The number of carbonyl (C=O) groups is 2. The summed E-state index contributed by atoms with van der Waals surface area (Å²) in [6.07, 6.45) is 4.61. The molecule has 0 aliphatic heterocycles. The number of hydrogen-bond acceptors (Lipinski definition) is 5. The Hall–Kier alpha value is -3.48. The lowest BCUT2D eigenvalue weighted by molar-refractivity contribution is -0.143. The number of rotatable bonds is 13. The molecule has 0 radical (unpaired) electrons. The van der Waals surface area contributed by atoms with Gasteiger partial charge in [0.15, 0.2) is 0 Å². The van der Waals surface area contributed by atoms with E-state index in [1.54, 1.807) is 6.26 Å². The van der Waals surface area contributed by atoms with Crippen molar-refractivity contribution in [2.45, 2.75) is 59.0 Å². The average Bonchev–Trinajstić information content (AvgIpc) is 3.40. The number of amides is 1. The Morgan fingerprint density at radius 1 is 1.03 bits per heavy atom. The van der Waals surface area contributed by atoms with E-state index in [1.807, 2.05) is 82.0 Å². The average molecular weight is 489 g/mol. The highest BCUT2D eigenvalue weighted by molar-refractivity contribution is 6.32. The van der Waals surface area contributed by atoms with Crippen molar-refractivity contribution >= 4 is 25.2 Å². The van der Waals surface area contributed by atoms with Crippen molar-refractivity contribution in [1.82, 2.24) is 4.90 Å². The molecule has 0 aliphatic rings. The number of nitrogens with zero attached hydrogens (tertiary/aromatic N) is 1. The Kier molecular flexibility index (Phi) is 10.2. The Labute approximate surface area is 215 Å². The maximum absolute atomic E-state index is 13.4. The van der Waals surface area contributed by atoms with Gasteiger partial charge in [-0.1, -0.05) is 29.7 Å². The van der Waals surface area contributed by atoms with Crippen LogP contribution in [-0.2, 0) is 16.1 Å². The fourth-order valence-electron chi connectivity index (χ4n) is 3.99. The molecule has 7 heteroatoms. The molecule has 0 atom stereocenters. The van der Waals surface area contributed by atoms with Crippen LogP contribution in [0.2, 0.25) is 0 Å². The van der Waals surface area contributed by atoms with Crippen molar-refractivity contribution in [3.05, 3.63) is 72.0 Å². The molecule has 1 amide bonds. The van der Waals surface area contributed by atoms with Gasteiger partial charge in [-0.25, -0.2) is 0 Å². The zero-order valence-corrected chi connectivity index (χ0v) is 21.8. The van der Waals surface area contributed by atoms with E-state index in [9.17, 15) is 9.59 Å². The van der Waals surface area contributed by atoms with Gasteiger partial charge in [-0.15, -0.1) is 0 Å². The van der Waals surface area contributed by atoms with Crippen molar-refractivity contribution in [2.24, 2.45) is 0 Å². The summed E-state index contributed by atoms with van der Waals surface area (Å²) in [6.45, 7) is 7.30. The first-order chi connectivity index (χ1) is 17.4. The predicted octanol–water partition coefficient (Wildman–Crippen LogP) is 4.76. The van der Waals surface area contributed by atoms with Gasteiger partial charge < -0.3 is 18.8 Å². The molecule has 0 bridgehead atoms. The second kappa shape index (κ2) is 13.6. The van der Waals surface area contributed by atoms with E-state index in [2.05, 4.69) is 6.07 Å². The number of furan rings is 1. The van der Waals surface area contributed by atoms with Crippen LogP contribution in [0.3, 0.4) is 0 Å². The summed E-state index contributed by atoms with van der Waals surface area (Å²) in [4.78, 5) is 26.8. The van der Waals surface area contributed by atoms with Crippen molar-refractivity contribution in [3.8, 4) is 17.1 Å². The molecule has 2 aromatic carbocycles. The second-order valence-corrected chi connectivity index (χ2v) is 9.16. The summed E-state index contributed by atoms with van der Waals surface area (Å²) in [6, 6.07) is 17.4. The summed E-state index contributed by atoms with van der Waals surface area (Å²) < 4.78 is 16.5. The Morgan fingerprint density at radius 2 is 1.81 bits per heavy atom. The second-order valence-electron chi connectivity index (χ2n) is 9.16. The lowest BCUT2D eigenvalue weighted by atomic mass is 9.93. The number of esters is 1. The molecular formula is C29H36BNO5. The van der Waals surface area contributed by atoms with E-state index < -0.39 is 0 Å². The van der Waals surface area contributed by atoms with E-state index in [0.717, 1.165) is 47.4 Å². The number of hydrogen-bond donors (Lipinski definition) is 0. The fraction of sp³-hybridized carbons (Fsp3) is 0.379. The van der Waals surface area contributed by atoms with Gasteiger partial charge in [-0.3, -0.25) is 9.59 Å². The highest BCUT2D eigenvalue weighted by Crippen LogP contribution is 2.24. The SMILES string of the molecule is Bc1ccc(OCCCCCC(=O)OCC)c(CN(C(=O)c2ccc(-c3ccco3)cc2)C(C)C)c1. The lowest BCUT2D eigenvalue weighted by Crippen LogP contribution is -2.36. The zero-order valence-electron chi connectivity index (χ0n) is 21.8. The summed E-state index contributed by atoms with van der Waals surface area (Å²) in [7, 11) is 2.04. The van der Waals surface area contributed by atoms with Gasteiger partial charge in [-0.05, 0) is 70.4 Å². The number of unbranched alkanes of at least 4 members (excludes halogenated alkanes) is 2. The summed E-state index contributed by atoms with van der Waals surface area (Å²) in [5, 5.41) is 0. The van der Waals surface area contributed by atoms with Gasteiger partial charge in [-0.2, -0.15) is 0 Å². The fourth-order valence-corrected chi connectivity index (χ4v) is 3.99. The van der Waals surface area contributed by atoms with Gasteiger partial charge >= 0.3 is 5.97 Å². The van der Waals surface area contributed by atoms with Crippen LogP contribution in [0.15, 0.2) is 65.3 Å². The third kappa shape index (κ3) is 7.77. The van der Waals surface area contributed by atoms with Gasteiger partial charge in [0, 0.05) is 35.7 Å². The Bertz CT molecular complexity index is 1110. The Balaban J connectivity index is 1.63. The number of carbonyl (C=O) groups excluding carboxylic acids is 2. The third-order valence-corrected chi connectivity index (χ3v) is 5.97. The monoisotopic (exact) mass is 489 g/mol. The standard InChI is InChI=1S/C29H36BNO5/c1-4-34-28(32)10-6-5-7-17-35-27-16-15-25(30)19-24(27)20-31(21(2)3)29(33)23-13-11-22(12-14-23)26-9-8-18-36-26/h8-9,11-16,18-19,21H,4-7,10,17,20,30H2,1-3H3. The van der Waals surface area contributed by atoms with Crippen LogP contribution in [0.25, 0.3) is 11.3 Å². The van der Waals surface area contributed by atoms with Crippen LogP contribution in [-0.4, -0.2) is 43.9 Å². The molecule has 0 N–H and O–H groups in total. The third-order valence-electron chi connectivity index (χ3n) is 5.97. The van der Waals surface area contributed by atoms with E-state index in [-0.39, 0.29) is 17.9 Å². The molecule has 0 spiro atoms. The first-order valence-electron chi connectivity index (χ1n) is 12.7. The molecular weight excluding hydrogens is 453 g/mol. The van der Waals surface area contributed by atoms with E-state index in [4.69, 9.17) is 13.9 Å². The van der Waals surface area contributed by atoms with Crippen LogP contribution in [0.4, 0.5) is 0 Å². The summed E-state index contributed by atoms with van der Waals surface area (Å²) in [5.41, 5.74) is 3.67. The molecule has 3 aromatic rings. The summed E-state index contributed by atoms with van der Waals surface area (Å²) in [5.74, 6) is 1.39. The smallest absolute Gasteiger partial charge is 0.305 e. The maximum Gasteiger partial charge on any atom is 0.305 e. The number of benzene rings is 2. The zero-order chi connectivity index (χ0) is 25.9. The maximum atomic E-state index is 13.4. The lowest BCUT2D eigenvalue weighted by Gasteiger charge is -2.28. The van der Waals surface area contributed by atoms with Crippen molar-refractivity contribution in [2.75, 3.05) is 13.2 Å². The van der Waals surface area contributed by atoms with E-state index in [0.29, 0.717) is 31.7 Å². The minimum atomic E-state index is -0.145. The van der Waals surface area contributed by atoms with Crippen LogP contribution in [0, 0.1) is 0 Å². The minimum Gasteiger partial charge on any atom is -0.493 e. The molecule has 3 rings (SSSR count). The summed E-state index contributed by atoms with van der Waals surface area (Å²) >= 11 is 0. The molecule has 6 nitrogen and oxygen atoms in total. The Morgan fingerprint density at radius 3 is 2.47 bits per heavy atom. The molecule has 0 fully saturated rings. The van der Waals surface area contributed by atoms with Crippen LogP contribution in [0.1, 0.15) is 62.4 Å². The molecule has 0 saturated heterocycles. The quantitative estimate of drug-likeness (QED) is 0.197. The van der Waals surface area contributed by atoms with Crippen LogP contribution < -0.4 is 10.2 Å². The van der Waals surface area contributed by atoms with Gasteiger partial charge in [0.2, 0.25) is 0 Å². The highest BCUT2D eigenvalue weighted by atomic mass is 16.5.